The molecule has 1 fully saturated rings. The van der Waals surface area contributed by atoms with Crippen molar-refractivity contribution in [2.24, 2.45) is 11.8 Å². The van der Waals surface area contributed by atoms with Crippen molar-refractivity contribution in [3.63, 3.8) is 0 Å². The van der Waals surface area contributed by atoms with Gasteiger partial charge in [-0.25, -0.2) is 4.79 Å². The van der Waals surface area contributed by atoms with Crippen molar-refractivity contribution < 1.29 is 14.3 Å². The molecule has 128 valence electrons. The van der Waals surface area contributed by atoms with Crippen LogP contribution < -0.4 is 5.32 Å². The minimum absolute atomic E-state index is 0.00638. The third-order valence-corrected chi connectivity index (χ3v) is 5.09. The minimum atomic E-state index is -0.851. The van der Waals surface area contributed by atoms with E-state index in [1.807, 2.05) is 34.6 Å². The summed E-state index contributed by atoms with van der Waals surface area (Å²) < 4.78 is 5.29. The Morgan fingerprint density at radius 2 is 1.78 bits per heavy atom. The highest BCUT2D eigenvalue weighted by molar-refractivity contribution is 7.11. The summed E-state index contributed by atoms with van der Waals surface area (Å²) in [6.07, 6.45) is 0. The van der Waals surface area contributed by atoms with Crippen LogP contribution in [-0.4, -0.2) is 39.2 Å². The first-order chi connectivity index (χ1) is 10.8. The SMILES string of the molecule is CCOCc1nnc(CN2C(=O)NC(C(C)C)(C(C)C)C2=O)s1. The Morgan fingerprint density at radius 3 is 2.30 bits per heavy atom. The van der Waals surface area contributed by atoms with Crippen LogP contribution in [-0.2, 0) is 22.7 Å². The second-order valence-corrected chi connectivity index (χ2v) is 7.37. The van der Waals surface area contributed by atoms with Gasteiger partial charge in [0.1, 0.15) is 22.2 Å². The summed E-state index contributed by atoms with van der Waals surface area (Å²) in [7, 11) is 0. The lowest BCUT2D eigenvalue weighted by molar-refractivity contribution is -0.135. The molecule has 3 amide bonds. The molecule has 1 aliphatic heterocycles. The van der Waals surface area contributed by atoms with E-state index in [2.05, 4.69) is 15.5 Å². The van der Waals surface area contributed by atoms with Gasteiger partial charge in [-0.3, -0.25) is 9.69 Å². The van der Waals surface area contributed by atoms with Crippen LogP contribution in [0.5, 0.6) is 0 Å². The van der Waals surface area contributed by atoms with Crippen molar-refractivity contribution in [3.8, 4) is 0 Å². The van der Waals surface area contributed by atoms with Crippen LogP contribution in [0.4, 0.5) is 4.79 Å². The molecule has 2 rings (SSSR count). The number of urea groups is 1. The molecule has 2 heterocycles. The Balaban J connectivity index is 2.16. The molecule has 0 atom stereocenters. The molecule has 8 heteroatoms. The monoisotopic (exact) mass is 340 g/mol. The molecule has 1 aromatic rings. The van der Waals surface area contributed by atoms with E-state index in [1.54, 1.807) is 0 Å². The lowest BCUT2D eigenvalue weighted by Crippen LogP contribution is -2.55. The van der Waals surface area contributed by atoms with Gasteiger partial charge in [0.2, 0.25) is 0 Å². The molecular formula is C15H24N4O3S. The molecule has 7 nitrogen and oxygen atoms in total. The Kier molecular flexibility index (Phi) is 5.36. The number of hydrogen-bond donors (Lipinski definition) is 1. The third-order valence-electron chi connectivity index (χ3n) is 4.21. The molecule has 23 heavy (non-hydrogen) atoms. The number of carbonyl (C=O) groups is 2. The van der Waals surface area contributed by atoms with Crippen molar-refractivity contribution in [3.05, 3.63) is 10.0 Å². The molecular weight excluding hydrogens is 316 g/mol. The molecule has 0 spiro atoms. The van der Waals surface area contributed by atoms with Gasteiger partial charge < -0.3 is 10.1 Å². The van der Waals surface area contributed by atoms with E-state index in [-0.39, 0.29) is 30.3 Å². The summed E-state index contributed by atoms with van der Waals surface area (Å²) in [6, 6.07) is -0.362. The summed E-state index contributed by atoms with van der Waals surface area (Å²) in [4.78, 5) is 26.4. The molecule has 0 radical (unpaired) electrons. The number of nitrogens with zero attached hydrogens (tertiary/aromatic N) is 3. The average Bonchev–Trinajstić information content (AvgIpc) is 3.03. The van der Waals surface area contributed by atoms with E-state index >= 15 is 0 Å². The fourth-order valence-corrected chi connectivity index (χ4v) is 3.71. The molecule has 0 unspecified atom stereocenters. The summed E-state index contributed by atoms with van der Waals surface area (Å²) >= 11 is 1.36. The van der Waals surface area contributed by atoms with E-state index in [9.17, 15) is 9.59 Å². The number of nitrogens with one attached hydrogen (secondary N) is 1. The van der Waals surface area contributed by atoms with E-state index in [1.165, 1.54) is 16.2 Å². The van der Waals surface area contributed by atoms with Crippen molar-refractivity contribution in [2.45, 2.75) is 53.3 Å². The van der Waals surface area contributed by atoms with Gasteiger partial charge in [0, 0.05) is 6.61 Å². The normalized spacial score (nSPS) is 17.4. The molecule has 0 saturated carbocycles. The largest absolute Gasteiger partial charge is 0.374 e. The zero-order valence-corrected chi connectivity index (χ0v) is 15.1. The maximum atomic E-state index is 12.9. The van der Waals surface area contributed by atoms with E-state index in [4.69, 9.17) is 4.74 Å². The molecule has 1 aromatic heterocycles. The number of amides is 3. The topological polar surface area (TPSA) is 84.4 Å². The van der Waals surface area contributed by atoms with Crippen molar-refractivity contribution in [1.29, 1.82) is 0 Å². The predicted molar refractivity (Wildman–Crippen MR) is 86.7 cm³/mol. The first-order valence-corrected chi connectivity index (χ1v) is 8.67. The molecule has 1 aliphatic rings. The Labute approximate surface area is 140 Å². The van der Waals surface area contributed by atoms with Crippen LogP contribution in [0.3, 0.4) is 0 Å². The van der Waals surface area contributed by atoms with E-state index in [0.717, 1.165) is 5.01 Å². The molecule has 0 aliphatic carbocycles. The predicted octanol–water partition coefficient (Wildman–Crippen LogP) is 2.18. The standard InChI is InChI=1S/C15H24N4O3S/c1-6-22-8-12-18-17-11(23-12)7-19-13(20)15(9(2)3,10(4)5)16-14(19)21/h9-10H,6-8H2,1-5H3,(H,16,21). The maximum absolute atomic E-state index is 12.9. The van der Waals surface area contributed by atoms with Crippen LogP contribution in [0.15, 0.2) is 0 Å². The lowest BCUT2D eigenvalue weighted by Gasteiger charge is -2.34. The minimum Gasteiger partial charge on any atom is -0.374 e. The van der Waals surface area contributed by atoms with Crippen LogP contribution in [0.2, 0.25) is 0 Å². The number of imide groups is 1. The highest BCUT2D eigenvalue weighted by atomic mass is 32.1. The summed E-state index contributed by atoms with van der Waals surface area (Å²) in [5.74, 6) is -0.173. The number of carbonyl (C=O) groups excluding carboxylic acids is 2. The van der Waals surface area contributed by atoms with E-state index in [0.29, 0.717) is 18.2 Å². The summed E-state index contributed by atoms with van der Waals surface area (Å²) in [5, 5.41) is 12.4. The smallest absolute Gasteiger partial charge is 0.325 e. The average molecular weight is 340 g/mol. The van der Waals surface area contributed by atoms with Gasteiger partial charge in [0.25, 0.3) is 5.91 Å². The third kappa shape index (κ3) is 3.23. The number of ether oxygens (including phenoxy) is 1. The molecule has 0 bridgehead atoms. The lowest BCUT2D eigenvalue weighted by atomic mass is 9.77. The van der Waals surface area contributed by atoms with Gasteiger partial charge in [-0.05, 0) is 18.8 Å². The molecule has 1 saturated heterocycles. The zero-order chi connectivity index (χ0) is 17.2. The summed E-state index contributed by atoms with van der Waals surface area (Å²) in [6.45, 7) is 10.9. The van der Waals surface area contributed by atoms with Gasteiger partial charge in [0.15, 0.2) is 0 Å². The van der Waals surface area contributed by atoms with Gasteiger partial charge in [-0.2, -0.15) is 0 Å². The van der Waals surface area contributed by atoms with Crippen molar-refractivity contribution >= 4 is 23.3 Å². The Morgan fingerprint density at radius 1 is 1.17 bits per heavy atom. The highest BCUT2D eigenvalue weighted by Crippen LogP contribution is 2.33. The number of aromatic nitrogens is 2. The van der Waals surface area contributed by atoms with Crippen LogP contribution in [0.25, 0.3) is 0 Å². The van der Waals surface area contributed by atoms with Gasteiger partial charge >= 0.3 is 6.03 Å². The van der Waals surface area contributed by atoms with E-state index < -0.39 is 5.54 Å². The number of hydrogen-bond acceptors (Lipinski definition) is 6. The summed E-state index contributed by atoms with van der Waals surface area (Å²) in [5.41, 5.74) is -0.851. The van der Waals surface area contributed by atoms with Gasteiger partial charge in [0.05, 0.1) is 6.54 Å². The second-order valence-electron chi connectivity index (χ2n) is 6.23. The van der Waals surface area contributed by atoms with Crippen LogP contribution >= 0.6 is 11.3 Å². The van der Waals surface area contributed by atoms with Gasteiger partial charge in [-0.1, -0.05) is 39.0 Å². The van der Waals surface area contributed by atoms with Crippen molar-refractivity contribution in [1.82, 2.24) is 20.4 Å². The maximum Gasteiger partial charge on any atom is 0.325 e. The Hall–Kier alpha value is -1.54. The zero-order valence-electron chi connectivity index (χ0n) is 14.3. The van der Waals surface area contributed by atoms with Crippen LogP contribution in [0.1, 0.15) is 44.6 Å². The fraction of sp³-hybridized carbons (Fsp3) is 0.733. The first kappa shape index (κ1) is 17.8. The first-order valence-electron chi connectivity index (χ1n) is 7.86. The molecule has 0 aromatic carbocycles. The second kappa shape index (κ2) is 6.92. The molecule has 1 N–H and O–H groups in total. The Bertz CT molecular complexity index is 577. The quantitative estimate of drug-likeness (QED) is 0.769. The van der Waals surface area contributed by atoms with Crippen LogP contribution in [0, 0.1) is 11.8 Å². The number of rotatable bonds is 7. The highest BCUT2D eigenvalue weighted by Gasteiger charge is 2.55. The fourth-order valence-electron chi connectivity index (χ4n) is 2.94. The van der Waals surface area contributed by atoms with Crippen molar-refractivity contribution in [2.75, 3.05) is 6.61 Å². The van der Waals surface area contributed by atoms with Gasteiger partial charge in [-0.15, -0.1) is 10.2 Å².